The van der Waals surface area contributed by atoms with Crippen molar-refractivity contribution >= 4 is 5.97 Å². The van der Waals surface area contributed by atoms with E-state index >= 15 is 0 Å². The molecule has 0 heterocycles. The Labute approximate surface area is 182 Å². The van der Waals surface area contributed by atoms with Gasteiger partial charge in [0.2, 0.25) is 0 Å². The third-order valence-electron chi connectivity index (χ3n) is 4.61. The summed E-state index contributed by atoms with van der Waals surface area (Å²) in [6.07, 6.45) is 17.1. The van der Waals surface area contributed by atoms with Gasteiger partial charge in [0.25, 0.3) is 0 Å². The Morgan fingerprint density at radius 2 is 1.27 bits per heavy atom. The van der Waals surface area contributed by atoms with Gasteiger partial charge in [0.15, 0.2) is 0 Å². The average Bonchev–Trinajstić information content (AvgIpc) is 2.62. The number of benzene rings is 1. The zero-order valence-electron chi connectivity index (χ0n) is 16.9. The molecule has 1 aromatic rings. The SMILES string of the molecule is CCCCCCCCCCCCCCCOc1ccccc1C(=O)[O-].[Na+]. The summed E-state index contributed by atoms with van der Waals surface area (Å²) < 4.78 is 5.58. The van der Waals surface area contributed by atoms with E-state index in [-0.39, 0.29) is 35.1 Å². The molecular formula is C22H35NaO3. The van der Waals surface area contributed by atoms with Gasteiger partial charge < -0.3 is 14.6 Å². The van der Waals surface area contributed by atoms with Gasteiger partial charge in [-0.05, 0) is 18.6 Å². The van der Waals surface area contributed by atoms with Crippen LogP contribution in [0.3, 0.4) is 0 Å². The molecule has 1 aromatic carbocycles. The minimum Gasteiger partial charge on any atom is -0.545 e. The molecule has 0 aliphatic heterocycles. The summed E-state index contributed by atoms with van der Waals surface area (Å²) in [7, 11) is 0. The fourth-order valence-corrected chi connectivity index (χ4v) is 3.06. The molecule has 0 aromatic heterocycles. The Hall–Kier alpha value is -0.510. The van der Waals surface area contributed by atoms with Crippen LogP contribution in [0.15, 0.2) is 24.3 Å². The molecule has 0 spiro atoms. The van der Waals surface area contributed by atoms with Crippen molar-refractivity contribution < 1.29 is 44.2 Å². The maximum absolute atomic E-state index is 11.0. The summed E-state index contributed by atoms with van der Waals surface area (Å²) in [6.45, 7) is 2.83. The number of carbonyl (C=O) groups excluding carboxylic acids is 1. The Morgan fingerprint density at radius 3 is 1.77 bits per heavy atom. The third kappa shape index (κ3) is 12.8. The van der Waals surface area contributed by atoms with Gasteiger partial charge >= 0.3 is 29.6 Å². The molecule has 0 saturated carbocycles. The van der Waals surface area contributed by atoms with Crippen LogP contribution in [0.25, 0.3) is 0 Å². The number of unbranched alkanes of at least 4 members (excludes halogenated alkanes) is 12. The standard InChI is InChI=1S/C22H36O3.Na/c1-2-3-4-5-6-7-8-9-10-11-12-13-16-19-25-21-18-15-14-17-20(21)22(23)24;/h14-15,17-18H,2-13,16,19H2,1H3,(H,23,24);/q;+1/p-1. The molecule has 0 saturated heterocycles. The van der Waals surface area contributed by atoms with E-state index in [1.807, 2.05) is 0 Å². The monoisotopic (exact) mass is 370 g/mol. The van der Waals surface area contributed by atoms with E-state index in [2.05, 4.69) is 6.92 Å². The average molecular weight is 371 g/mol. The van der Waals surface area contributed by atoms with Gasteiger partial charge in [-0.15, -0.1) is 0 Å². The molecule has 0 unspecified atom stereocenters. The second kappa shape index (κ2) is 17.9. The maximum atomic E-state index is 11.0. The Bertz CT molecular complexity index is 462. The number of hydrogen-bond donors (Lipinski definition) is 0. The molecule has 142 valence electrons. The first kappa shape index (κ1) is 25.5. The fraction of sp³-hybridized carbons (Fsp3) is 0.682. The van der Waals surface area contributed by atoms with Crippen LogP contribution in [0, 0.1) is 0 Å². The first-order valence-electron chi connectivity index (χ1n) is 10.2. The van der Waals surface area contributed by atoms with Crippen molar-refractivity contribution in [3.8, 4) is 5.75 Å². The second-order valence-electron chi connectivity index (χ2n) is 6.87. The predicted octanol–water partition coefficient (Wildman–Crippen LogP) is 2.52. The molecule has 0 bridgehead atoms. The Kier molecular flexibility index (Phi) is 17.5. The molecule has 3 nitrogen and oxygen atoms in total. The molecule has 0 radical (unpaired) electrons. The zero-order valence-corrected chi connectivity index (χ0v) is 18.9. The molecule has 26 heavy (non-hydrogen) atoms. The van der Waals surface area contributed by atoms with Gasteiger partial charge in [0.1, 0.15) is 5.75 Å². The fourth-order valence-electron chi connectivity index (χ4n) is 3.06. The minimum absolute atomic E-state index is 0. The number of carboxylic acid groups (broad SMARTS) is 1. The van der Waals surface area contributed by atoms with Gasteiger partial charge in [-0.25, -0.2) is 0 Å². The Morgan fingerprint density at radius 1 is 0.808 bits per heavy atom. The Balaban J connectivity index is 0.00000625. The first-order valence-corrected chi connectivity index (χ1v) is 10.2. The molecule has 0 N–H and O–H groups in total. The summed E-state index contributed by atoms with van der Waals surface area (Å²) in [5, 5.41) is 11.0. The van der Waals surface area contributed by atoms with Crippen molar-refractivity contribution in [3.63, 3.8) is 0 Å². The molecule has 0 aliphatic carbocycles. The molecule has 1 rings (SSSR count). The van der Waals surface area contributed by atoms with Gasteiger partial charge in [0, 0.05) is 5.56 Å². The number of rotatable bonds is 16. The van der Waals surface area contributed by atoms with Crippen LogP contribution in [-0.2, 0) is 0 Å². The van der Waals surface area contributed by atoms with Gasteiger partial charge in [-0.2, -0.15) is 0 Å². The maximum Gasteiger partial charge on any atom is 1.00 e. The number of para-hydroxylation sites is 1. The summed E-state index contributed by atoms with van der Waals surface area (Å²) in [5.74, 6) is -0.762. The summed E-state index contributed by atoms with van der Waals surface area (Å²) in [5.41, 5.74) is 0.136. The normalized spacial score (nSPS) is 10.3. The molecule has 0 fully saturated rings. The third-order valence-corrected chi connectivity index (χ3v) is 4.61. The van der Waals surface area contributed by atoms with Crippen LogP contribution in [0.1, 0.15) is 101 Å². The van der Waals surface area contributed by atoms with Crippen LogP contribution in [0.2, 0.25) is 0 Å². The van der Waals surface area contributed by atoms with Crippen LogP contribution in [-0.4, -0.2) is 12.6 Å². The van der Waals surface area contributed by atoms with E-state index in [0.29, 0.717) is 12.4 Å². The number of carbonyl (C=O) groups is 1. The van der Waals surface area contributed by atoms with E-state index in [9.17, 15) is 9.90 Å². The van der Waals surface area contributed by atoms with Gasteiger partial charge in [-0.1, -0.05) is 96.1 Å². The van der Waals surface area contributed by atoms with Crippen LogP contribution >= 0.6 is 0 Å². The van der Waals surface area contributed by atoms with Gasteiger partial charge in [0.05, 0.1) is 12.6 Å². The van der Waals surface area contributed by atoms with Crippen LogP contribution in [0.5, 0.6) is 5.75 Å². The van der Waals surface area contributed by atoms with E-state index in [4.69, 9.17) is 4.74 Å². The predicted molar refractivity (Wildman–Crippen MR) is 102 cm³/mol. The van der Waals surface area contributed by atoms with Crippen molar-refractivity contribution in [2.24, 2.45) is 0 Å². The minimum atomic E-state index is -1.18. The zero-order chi connectivity index (χ0) is 18.2. The summed E-state index contributed by atoms with van der Waals surface area (Å²) in [6, 6.07) is 6.68. The number of ether oxygens (including phenoxy) is 1. The molecular weight excluding hydrogens is 335 g/mol. The van der Waals surface area contributed by atoms with Crippen molar-refractivity contribution in [2.45, 2.75) is 90.4 Å². The van der Waals surface area contributed by atoms with Crippen molar-refractivity contribution in [3.05, 3.63) is 29.8 Å². The van der Waals surface area contributed by atoms with Crippen molar-refractivity contribution in [2.75, 3.05) is 6.61 Å². The van der Waals surface area contributed by atoms with Crippen LogP contribution < -0.4 is 39.4 Å². The largest absolute Gasteiger partial charge is 1.00 e. The molecule has 0 aliphatic rings. The quantitative estimate of drug-likeness (QED) is 0.332. The smallest absolute Gasteiger partial charge is 0.545 e. The molecule has 0 atom stereocenters. The van der Waals surface area contributed by atoms with E-state index < -0.39 is 5.97 Å². The second-order valence-corrected chi connectivity index (χ2v) is 6.87. The topological polar surface area (TPSA) is 49.4 Å². The van der Waals surface area contributed by atoms with Crippen molar-refractivity contribution in [1.29, 1.82) is 0 Å². The first-order chi connectivity index (χ1) is 12.3. The van der Waals surface area contributed by atoms with Gasteiger partial charge in [-0.3, -0.25) is 0 Å². The summed E-state index contributed by atoms with van der Waals surface area (Å²) in [4.78, 5) is 11.0. The van der Waals surface area contributed by atoms with Crippen LogP contribution in [0.4, 0.5) is 0 Å². The molecule has 4 heteroatoms. The van der Waals surface area contributed by atoms with E-state index in [1.54, 1.807) is 18.2 Å². The number of hydrogen-bond acceptors (Lipinski definition) is 3. The number of carboxylic acids is 1. The summed E-state index contributed by atoms with van der Waals surface area (Å²) >= 11 is 0. The van der Waals surface area contributed by atoms with Crippen molar-refractivity contribution in [1.82, 2.24) is 0 Å². The van der Waals surface area contributed by atoms with E-state index in [1.165, 1.54) is 76.7 Å². The number of aromatic carboxylic acids is 1. The molecule has 0 amide bonds. The van der Waals surface area contributed by atoms with E-state index in [0.717, 1.165) is 12.8 Å².